The van der Waals surface area contributed by atoms with Crippen molar-refractivity contribution in [3.63, 3.8) is 0 Å². The molecule has 0 aliphatic rings. The molecular formula is C14H22N4O. The highest BCUT2D eigenvalue weighted by Gasteiger charge is 2.20. The number of fused-ring (bicyclic) bond motifs is 1. The minimum Gasteiger partial charge on any atom is -0.395 e. The van der Waals surface area contributed by atoms with Crippen molar-refractivity contribution in [2.45, 2.75) is 33.1 Å². The van der Waals surface area contributed by atoms with Gasteiger partial charge in [-0.15, -0.1) is 0 Å². The molecule has 0 saturated carbocycles. The van der Waals surface area contributed by atoms with Crippen molar-refractivity contribution in [2.75, 3.05) is 24.6 Å². The Morgan fingerprint density at radius 1 is 1.37 bits per heavy atom. The van der Waals surface area contributed by atoms with Gasteiger partial charge in [-0.2, -0.15) is 5.10 Å². The number of aromatic nitrogens is 3. The molecule has 0 atom stereocenters. The number of anilines is 1. The molecule has 0 amide bonds. The zero-order valence-corrected chi connectivity index (χ0v) is 12.1. The van der Waals surface area contributed by atoms with Gasteiger partial charge in [-0.3, -0.25) is 0 Å². The standard InChI is InChI=1S/C14H22N4O/c1-5-17(8-9-19)13-11-10-12(14(2,3)4)16-18(11)7-6-15-13/h6-7,10,19H,5,8-9H2,1-4H3. The molecular weight excluding hydrogens is 240 g/mol. The Bertz CT molecular complexity index is 556. The van der Waals surface area contributed by atoms with E-state index < -0.39 is 0 Å². The van der Waals surface area contributed by atoms with E-state index in [-0.39, 0.29) is 12.0 Å². The second kappa shape index (κ2) is 5.17. The molecule has 0 unspecified atom stereocenters. The Labute approximate surface area is 113 Å². The molecule has 0 aliphatic carbocycles. The molecule has 5 nitrogen and oxygen atoms in total. The highest BCUT2D eigenvalue weighted by atomic mass is 16.3. The summed E-state index contributed by atoms with van der Waals surface area (Å²) in [6, 6.07) is 2.09. The van der Waals surface area contributed by atoms with Gasteiger partial charge in [0.1, 0.15) is 5.52 Å². The summed E-state index contributed by atoms with van der Waals surface area (Å²) >= 11 is 0. The molecule has 0 radical (unpaired) electrons. The van der Waals surface area contributed by atoms with Crippen LogP contribution in [0.25, 0.3) is 5.52 Å². The number of likely N-dealkylation sites (N-methyl/N-ethyl adjacent to an activating group) is 1. The van der Waals surface area contributed by atoms with Crippen molar-refractivity contribution in [1.82, 2.24) is 14.6 Å². The monoisotopic (exact) mass is 262 g/mol. The van der Waals surface area contributed by atoms with Crippen LogP contribution < -0.4 is 4.90 Å². The average Bonchev–Trinajstić information content (AvgIpc) is 2.79. The number of hydrogen-bond acceptors (Lipinski definition) is 4. The summed E-state index contributed by atoms with van der Waals surface area (Å²) in [4.78, 5) is 6.51. The van der Waals surface area contributed by atoms with Gasteiger partial charge in [0, 0.05) is 30.9 Å². The maximum Gasteiger partial charge on any atom is 0.154 e. The van der Waals surface area contributed by atoms with Crippen LogP contribution in [-0.4, -0.2) is 39.4 Å². The van der Waals surface area contributed by atoms with Crippen molar-refractivity contribution >= 4 is 11.3 Å². The minimum absolute atomic E-state index is 0.0112. The molecule has 0 aromatic carbocycles. The first-order valence-electron chi connectivity index (χ1n) is 6.68. The summed E-state index contributed by atoms with van der Waals surface area (Å²) in [5, 5.41) is 13.8. The van der Waals surface area contributed by atoms with Crippen LogP contribution in [0.4, 0.5) is 5.82 Å². The summed E-state index contributed by atoms with van der Waals surface area (Å²) in [6.45, 7) is 10.0. The molecule has 0 fully saturated rings. The summed E-state index contributed by atoms with van der Waals surface area (Å²) in [5.41, 5.74) is 2.04. The van der Waals surface area contributed by atoms with E-state index in [2.05, 4.69) is 48.7 Å². The van der Waals surface area contributed by atoms with Crippen LogP contribution in [-0.2, 0) is 5.41 Å². The Morgan fingerprint density at radius 3 is 2.68 bits per heavy atom. The van der Waals surface area contributed by atoms with E-state index in [1.54, 1.807) is 6.20 Å². The number of aliphatic hydroxyl groups excluding tert-OH is 1. The van der Waals surface area contributed by atoms with Gasteiger partial charge < -0.3 is 10.0 Å². The van der Waals surface area contributed by atoms with E-state index in [0.29, 0.717) is 6.54 Å². The van der Waals surface area contributed by atoms with Crippen LogP contribution in [0, 0.1) is 0 Å². The number of rotatable bonds is 4. The molecule has 0 bridgehead atoms. The van der Waals surface area contributed by atoms with Gasteiger partial charge in [-0.25, -0.2) is 9.50 Å². The Hall–Kier alpha value is -1.62. The highest BCUT2D eigenvalue weighted by Crippen LogP contribution is 2.26. The summed E-state index contributed by atoms with van der Waals surface area (Å²) in [5.74, 6) is 0.877. The van der Waals surface area contributed by atoms with Gasteiger partial charge in [0.2, 0.25) is 0 Å². The lowest BCUT2D eigenvalue weighted by Gasteiger charge is -2.21. The first-order chi connectivity index (χ1) is 8.97. The molecule has 2 heterocycles. The van der Waals surface area contributed by atoms with Crippen LogP contribution in [0.2, 0.25) is 0 Å². The lowest BCUT2D eigenvalue weighted by Crippen LogP contribution is -2.27. The molecule has 5 heteroatoms. The largest absolute Gasteiger partial charge is 0.395 e. The van der Waals surface area contributed by atoms with Crippen molar-refractivity contribution in [2.24, 2.45) is 0 Å². The average molecular weight is 262 g/mol. The molecule has 0 spiro atoms. The topological polar surface area (TPSA) is 53.7 Å². The van der Waals surface area contributed by atoms with Gasteiger partial charge in [-0.05, 0) is 13.0 Å². The van der Waals surface area contributed by atoms with E-state index in [1.165, 1.54) is 0 Å². The van der Waals surface area contributed by atoms with Crippen molar-refractivity contribution < 1.29 is 5.11 Å². The van der Waals surface area contributed by atoms with Gasteiger partial charge in [0.05, 0.1) is 12.3 Å². The number of aliphatic hydroxyl groups is 1. The van der Waals surface area contributed by atoms with Crippen LogP contribution >= 0.6 is 0 Å². The van der Waals surface area contributed by atoms with Gasteiger partial charge in [0.15, 0.2) is 5.82 Å². The summed E-state index contributed by atoms with van der Waals surface area (Å²) in [6.07, 6.45) is 3.61. The third kappa shape index (κ3) is 2.71. The SMILES string of the molecule is CCN(CCO)c1nccn2nc(C(C)(C)C)cc12. The number of hydrogen-bond donors (Lipinski definition) is 1. The molecule has 104 valence electrons. The predicted molar refractivity (Wildman–Crippen MR) is 76.7 cm³/mol. The molecule has 0 aliphatic heterocycles. The molecule has 2 aromatic rings. The fraction of sp³-hybridized carbons (Fsp3) is 0.571. The highest BCUT2D eigenvalue weighted by molar-refractivity contribution is 5.69. The van der Waals surface area contributed by atoms with Crippen LogP contribution in [0.3, 0.4) is 0 Å². The zero-order chi connectivity index (χ0) is 14.0. The molecule has 1 N–H and O–H groups in total. The van der Waals surface area contributed by atoms with E-state index in [1.807, 2.05) is 10.7 Å². The molecule has 19 heavy (non-hydrogen) atoms. The van der Waals surface area contributed by atoms with Gasteiger partial charge in [-0.1, -0.05) is 20.8 Å². The smallest absolute Gasteiger partial charge is 0.154 e. The van der Waals surface area contributed by atoms with E-state index in [9.17, 15) is 0 Å². The first kappa shape index (κ1) is 13.8. The zero-order valence-electron chi connectivity index (χ0n) is 12.1. The summed E-state index contributed by atoms with van der Waals surface area (Å²) in [7, 11) is 0. The normalized spacial score (nSPS) is 12.1. The van der Waals surface area contributed by atoms with E-state index in [4.69, 9.17) is 5.11 Å². The van der Waals surface area contributed by atoms with Crippen molar-refractivity contribution in [3.8, 4) is 0 Å². The third-order valence-corrected chi connectivity index (χ3v) is 3.19. The van der Waals surface area contributed by atoms with Crippen molar-refractivity contribution in [3.05, 3.63) is 24.2 Å². The van der Waals surface area contributed by atoms with Gasteiger partial charge in [0.25, 0.3) is 0 Å². The van der Waals surface area contributed by atoms with Crippen LogP contribution in [0.1, 0.15) is 33.4 Å². The quantitative estimate of drug-likeness (QED) is 0.913. The van der Waals surface area contributed by atoms with E-state index >= 15 is 0 Å². The Kier molecular flexibility index (Phi) is 3.75. The van der Waals surface area contributed by atoms with Crippen LogP contribution in [0.5, 0.6) is 0 Å². The Morgan fingerprint density at radius 2 is 2.11 bits per heavy atom. The Balaban J connectivity index is 2.53. The molecule has 0 saturated heterocycles. The minimum atomic E-state index is 0.0112. The molecule has 2 rings (SSSR count). The third-order valence-electron chi connectivity index (χ3n) is 3.19. The second-order valence-electron chi connectivity index (χ2n) is 5.66. The molecule has 2 aromatic heterocycles. The lowest BCUT2D eigenvalue weighted by molar-refractivity contribution is 0.302. The van der Waals surface area contributed by atoms with Crippen molar-refractivity contribution in [1.29, 1.82) is 0 Å². The van der Waals surface area contributed by atoms with Crippen LogP contribution in [0.15, 0.2) is 18.5 Å². The maximum atomic E-state index is 9.14. The fourth-order valence-electron chi connectivity index (χ4n) is 2.05. The summed E-state index contributed by atoms with van der Waals surface area (Å²) < 4.78 is 1.86. The number of nitrogens with zero attached hydrogens (tertiary/aromatic N) is 4. The predicted octanol–water partition coefficient (Wildman–Crippen LogP) is 1.85. The van der Waals surface area contributed by atoms with Gasteiger partial charge >= 0.3 is 0 Å². The second-order valence-corrected chi connectivity index (χ2v) is 5.66. The maximum absolute atomic E-state index is 9.14. The van der Waals surface area contributed by atoms with E-state index in [0.717, 1.165) is 23.6 Å². The fourth-order valence-corrected chi connectivity index (χ4v) is 2.05. The lowest BCUT2D eigenvalue weighted by atomic mass is 9.92. The first-order valence-corrected chi connectivity index (χ1v) is 6.68.